The lowest BCUT2D eigenvalue weighted by Crippen LogP contribution is -2.39. The van der Waals surface area contributed by atoms with Crippen molar-refractivity contribution in [2.45, 2.75) is 77.5 Å². The Morgan fingerprint density at radius 1 is 1.30 bits per heavy atom. The summed E-state index contributed by atoms with van der Waals surface area (Å²) in [6, 6.07) is 8.60. The molecule has 1 N–H and O–H groups in total. The molecule has 33 heavy (non-hydrogen) atoms. The molecule has 0 radical (unpaired) electrons. The Bertz CT molecular complexity index is 818. The molecule has 0 aromatic heterocycles. The molecule has 2 aliphatic rings. The van der Waals surface area contributed by atoms with Gasteiger partial charge in [-0.1, -0.05) is 48.1 Å². The van der Waals surface area contributed by atoms with Crippen LogP contribution in [-0.2, 0) is 20.7 Å². The topological polar surface area (TPSA) is 59.0 Å². The van der Waals surface area contributed by atoms with Gasteiger partial charge in [0, 0.05) is 19.0 Å². The van der Waals surface area contributed by atoms with Crippen LogP contribution in [0.3, 0.4) is 0 Å². The lowest BCUT2D eigenvalue weighted by Gasteiger charge is -2.29. The number of benzene rings is 1. The Kier molecular flexibility index (Phi) is 10.2. The van der Waals surface area contributed by atoms with Crippen LogP contribution in [0.2, 0.25) is 0 Å². The minimum Gasteiger partial charge on any atom is -0.466 e. The van der Waals surface area contributed by atoms with Gasteiger partial charge in [0.15, 0.2) is 0 Å². The van der Waals surface area contributed by atoms with E-state index in [2.05, 4.69) is 30.1 Å². The molecule has 0 saturated carbocycles. The molecule has 1 aliphatic carbocycles. The van der Waals surface area contributed by atoms with Crippen LogP contribution in [0.25, 0.3) is 0 Å². The number of hydrogen-bond donors (Lipinski definition) is 1. The van der Waals surface area contributed by atoms with Gasteiger partial charge in [0.1, 0.15) is 0 Å². The van der Waals surface area contributed by atoms with E-state index in [4.69, 9.17) is 9.47 Å². The van der Waals surface area contributed by atoms with Gasteiger partial charge >= 0.3 is 5.97 Å². The van der Waals surface area contributed by atoms with Crippen molar-refractivity contribution in [2.75, 3.05) is 26.3 Å². The molecule has 1 fully saturated rings. The fourth-order valence-electron chi connectivity index (χ4n) is 5.00. The van der Waals surface area contributed by atoms with Crippen LogP contribution in [0.5, 0.6) is 0 Å². The summed E-state index contributed by atoms with van der Waals surface area (Å²) in [7, 11) is 0. The minimum absolute atomic E-state index is 0.144. The summed E-state index contributed by atoms with van der Waals surface area (Å²) in [6.45, 7) is 8.42. The van der Waals surface area contributed by atoms with Gasteiger partial charge in [0.2, 0.25) is 0 Å². The molecule has 1 aromatic rings. The summed E-state index contributed by atoms with van der Waals surface area (Å²) in [5.74, 6) is 0.435. The van der Waals surface area contributed by atoms with Crippen molar-refractivity contribution in [1.29, 1.82) is 0 Å². The predicted octanol–water partition coefficient (Wildman–Crippen LogP) is 5.00. The summed E-state index contributed by atoms with van der Waals surface area (Å²) in [5, 5.41) is 10.7. The van der Waals surface area contributed by atoms with E-state index in [1.54, 1.807) is 0 Å². The molecule has 3 rings (SSSR count). The molecule has 1 unspecified atom stereocenters. The van der Waals surface area contributed by atoms with Gasteiger partial charge in [0.05, 0.1) is 25.4 Å². The normalized spacial score (nSPS) is 22.7. The van der Waals surface area contributed by atoms with Gasteiger partial charge in [-0.3, -0.25) is 9.69 Å². The number of carbonyl (C=O) groups excluding carboxylic acids is 1. The second-order valence-corrected chi connectivity index (χ2v) is 9.46. The van der Waals surface area contributed by atoms with E-state index in [9.17, 15) is 9.90 Å². The van der Waals surface area contributed by atoms with E-state index < -0.39 is 6.10 Å². The number of nitrogens with zero attached hydrogens (tertiary/aromatic N) is 1. The highest BCUT2D eigenvalue weighted by Crippen LogP contribution is 2.29. The first kappa shape index (κ1) is 25.7. The average Bonchev–Trinajstić information content (AvgIpc) is 3.24. The van der Waals surface area contributed by atoms with Crippen molar-refractivity contribution >= 4 is 5.97 Å². The van der Waals surface area contributed by atoms with E-state index in [1.165, 1.54) is 18.4 Å². The van der Waals surface area contributed by atoms with Crippen molar-refractivity contribution in [1.82, 2.24) is 4.90 Å². The zero-order chi connectivity index (χ0) is 23.6. The lowest BCUT2D eigenvalue weighted by atomic mass is 9.90. The molecular weight excluding hydrogens is 414 g/mol. The standard InChI is InChI=1S/C28H41NO4/c1-4-32-28(31)16-15-24-8-5-6-10-27(24)22(3)33-20-26(30)19-29-17-7-9-25(29)18-23-13-11-21(2)12-14-23/h5-6,8,10-13,22-23,25-26,30H,4,7,9,14-20H2,1-3H3/t22-,23?,25+,26-/m1/s1. The van der Waals surface area contributed by atoms with Gasteiger partial charge < -0.3 is 14.6 Å². The van der Waals surface area contributed by atoms with Gasteiger partial charge in [-0.05, 0) is 76.5 Å². The zero-order valence-electron chi connectivity index (χ0n) is 20.5. The number of carbonyl (C=O) groups is 1. The molecule has 4 atom stereocenters. The van der Waals surface area contributed by atoms with Crippen molar-refractivity contribution < 1.29 is 19.4 Å². The number of allylic oxidation sites excluding steroid dienone is 4. The largest absolute Gasteiger partial charge is 0.466 e. The molecular formula is C28H41NO4. The summed E-state index contributed by atoms with van der Waals surface area (Å²) < 4.78 is 11.1. The van der Waals surface area contributed by atoms with Gasteiger partial charge in [-0.2, -0.15) is 0 Å². The minimum atomic E-state index is -0.510. The molecule has 0 bridgehead atoms. The number of rotatable bonds is 12. The number of aliphatic hydroxyl groups excluding tert-OH is 1. The highest BCUT2D eigenvalue weighted by Gasteiger charge is 2.28. The van der Waals surface area contributed by atoms with Crippen LogP contribution in [0.1, 0.15) is 70.1 Å². The third kappa shape index (κ3) is 8.09. The highest BCUT2D eigenvalue weighted by atomic mass is 16.5. The quantitative estimate of drug-likeness (QED) is 0.450. The van der Waals surface area contributed by atoms with E-state index >= 15 is 0 Å². The van der Waals surface area contributed by atoms with Crippen LogP contribution >= 0.6 is 0 Å². The van der Waals surface area contributed by atoms with Crippen molar-refractivity contribution in [3.05, 3.63) is 59.2 Å². The van der Waals surface area contributed by atoms with E-state index in [-0.39, 0.29) is 12.1 Å². The molecule has 1 aliphatic heterocycles. The van der Waals surface area contributed by atoms with Crippen LogP contribution in [-0.4, -0.2) is 54.4 Å². The number of aryl methyl sites for hydroxylation is 1. The second kappa shape index (κ2) is 13.1. The van der Waals surface area contributed by atoms with Crippen LogP contribution in [0.4, 0.5) is 0 Å². The number of ether oxygens (including phenoxy) is 2. The number of aliphatic hydroxyl groups is 1. The first-order chi connectivity index (χ1) is 16.0. The molecule has 0 spiro atoms. The van der Waals surface area contributed by atoms with E-state index in [0.29, 0.717) is 44.6 Å². The summed E-state index contributed by atoms with van der Waals surface area (Å²) in [5.41, 5.74) is 3.52. The number of β-amino-alcohol motifs (C(OH)–C–C–N with tert-alkyl or cyclic N) is 1. The zero-order valence-corrected chi connectivity index (χ0v) is 20.5. The summed E-state index contributed by atoms with van der Waals surface area (Å²) in [6.07, 6.45) is 12.0. The Labute approximate surface area is 199 Å². The molecule has 1 aromatic carbocycles. The van der Waals surface area contributed by atoms with Crippen molar-refractivity contribution in [3.8, 4) is 0 Å². The Morgan fingerprint density at radius 2 is 2.12 bits per heavy atom. The van der Waals surface area contributed by atoms with Gasteiger partial charge in [-0.15, -0.1) is 0 Å². The van der Waals surface area contributed by atoms with Crippen molar-refractivity contribution in [2.24, 2.45) is 5.92 Å². The molecule has 182 valence electrons. The molecule has 0 amide bonds. The molecule has 5 heteroatoms. The smallest absolute Gasteiger partial charge is 0.306 e. The highest BCUT2D eigenvalue weighted by molar-refractivity contribution is 5.69. The van der Waals surface area contributed by atoms with Gasteiger partial charge in [-0.25, -0.2) is 0 Å². The predicted molar refractivity (Wildman–Crippen MR) is 132 cm³/mol. The Morgan fingerprint density at radius 3 is 2.88 bits per heavy atom. The molecule has 5 nitrogen and oxygen atoms in total. The first-order valence-corrected chi connectivity index (χ1v) is 12.6. The first-order valence-electron chi connectivity index (χ1n) is 12.6. The summed E-state index contributed by atoms with van der Waals surface area (Å²) in [4.78, 5) is 14.2. The SMILES string of the molecule is CCOC(=O)CCc1ccccc1[C@@H](C)OC[C@H](O)CN1CCC[C@H]1CC1C=CC(C)=CC1. The number of likely N-dealkylation sites (tertiary alicyclic amines) is 1. The van der Waals surface area contributed by atoms with E-state index in [0.717, 1.165) is 30.5 Å². The Balaban J connectivity index is 1.46. The average molecular weight is 456 g/mol. The Hall–Kier alpha value is -1.95. The van der Waals surface area contributed by atoms with E-state index in [1.807, 2.05) is 38.1 Å². The maximum atomic E-state index is 11.7. The maximum Gasteiger partial charge on any atom is 0.306 e. The number of hydrogen-bond acceptors (Lipinski definition) is 5. The van der Waals surface area contributed by atoms with Crippen LogP contribution < -0.4 is 0 Å². The molecule has 1 heterocycles. The van der Waals surface area contributed by atoms with Crippen LogP contribution in [0, 0.1) is 5.92 Å². The summed E-state index contributed by atoms with van der Waals surface area (Å²) >= 11 is 0. The maximum absolute atomic E-state index is 11.7. The molecule has 1 saturated heterocycles. The monoisotopic (exact) mass is 455 g/mol. The second-order valence-electron chi connectivity index (χ2n) is 9.46. The van der Waals surface area contributed by atoms with Crippen molar-refractivity contribution in [3.63, 3.8) is 0 Å². The fourth-order valence-corrected chi connectivity index (χ4v) is 5.00. The number of esters is 1. The third-order valence-electron chi connectivity index (χ3n) is 6.83. The van der Waals surface area contributed by atoms with Gasteiger partial charge in [0.25, 0.3) is 0 Å². The lowest BCUT2D eigenvalue weighted by molar-refractivity contribution is -0.143. The third-order valence-corrected chi connectivity index (χ3v) is 6.83. The fraction of sp³-hybridized carbons (Fsp3) is 0.607. The van der Waals surface area contributed by atoms with Crippen LogP contribution in [0.15, 0.2) is 48.1 Å².